The van der Waals surface area contributed by atoms with Crippen LogP contribution in [0.1, 0.15) is 34.7 Å². The Bertz CT molecular complexity index is 1490. The number of aromatic nitrogens is 2. The number of aliphatic hydroxyl groups excluding tert-OH is 1. The monoisotopic (exact) mass is 656 g/mol. The van der Waals surface area contributed by atoms with Gasteiger partial charge in [-0.1, -0.05) is 60.1 Å². The number of H-pyrrole nitrogens is 1. The van der Waals surface area contributed by atoms with Crippen molar-refractivity contribution in [2.75, 3.05) is 13.2 Å². The number of urea groups is 1. The molecule has 3 aromatic carbocycles. The molecule has 39 heavy (non-hydrogen) atoms. The van der Waals surface area contributed by atoms with E-state index in [1.54, 1.807) is 24.3 Å². The number of carbonyl (C=O) groups is 2. The summed E-state index contributed by atoms with van der Waals surface area (Å²) in [5, 5.41) is 12.4. The summed E-state index contributed by atoms with van der Waals surface area (Å²) in [4.78, 5) is 36.5. The van der Waals surface area contributed by atoms with Gasteiger partial charge in [-0.3, -0.25) is 9.69 Å². The fourth-order valence-corrected chi connectivity index (χ4v) is 5.63. The standard InChI is InChI=1S/C29H26ClIN4O4/c1-17-25(22-12-9-20(31)16-23(22)30)33-27(32-17)24(15-18-5-3-2-4-6-18)35-28(37)26(34-29(35)38)19-7-10-21(11-8-19)39-14-13-36/h2-12,16,24,26,36H,13-15H2,1H3,(H,32,33)(H,34,38)/t24?,26-/m1/s1. The van der Waals surface area contributed by atoms with Crippen LogP contribution in [0, 0.1) is 10.5 Å². The molecule has 0 saturated carbocycles. The van der Waals surface area contributed by atoms with E-state index in [1.807, 2.05) is 55.5 Å². The number of imide groups is 1. The number of aromatic amines is 1. The normalized spacial score (nSPS) is 15.9. The van der Waals surface area contributed by atoms with Crippen molar-refractivity contribution in [1.29, 1.82) is 0 Å². The third kappa shape index (κ3) is 5.80. The first kappa shape index (κ1) is 27.2. The van der Waals surface area contributed by atoms with E-state index in [4.69, 9.17) is 26.4 Å². The summed E-state index contributed by atoms with van der Waals surface area (Å²) >= 11 is 8.76. The zero-order chi connectivity index (χ0) is 27.5. The number of halogens is 2. The van der Waals surface area contributed by atoms with E-state index >= 15 is 0 Å². The Labute approximate surface area is 244 Å². The van der Waals surface area contributed by atoms with Crippen LogP contribution in [-0.4, -0.2) is 45.1 Å². The zero-order valence-corrected chi connectivity index (χ0v) is 23.9. The number of imidazole rings is 1. The molecular weight excluding hydrogens is 631 g/mol. The Hall–Kier alpha value is -3.41. The molecule has 1 aliphatic rings. The molecule has 1 saturated heterocycles. The van der Waals surface area contributed by atoms with Crippen molar-refractivity contribution >= 4 is 46.1 Å². The lowest BCUT2D eigenvalue weighted by atomic mass is 10.0. The van der Waals surface area contributed by atoms with Crippen LogP contribution in [0.15, 0.2) is 72.8 Å². The largest absolute Gasteiger partial charge is 0.491 e. The highest BCUT2D eigenvalue weighted by Crippen LogP contribution is 2.35. The highest BCUT2D eigenvalue weighted by Gasteiger charge is 2.44. The molecule has 3 N–H and O–H groups in total. The lowest BCUT2D eigenvalue weighted by Crippen LogP contribution is -2.36. The molecule has 1 fully saturated rings. The Morgan fingerprint density at radius 3 is 2.54 bits per heavy atom. The topological polar surface area (TPSA) is 108 Å². The van der Waals surface area contributed by atoms with Crippen molar-refractivity contribution in [2.24, 2.45) is 0 Å². The van der Waals surface area contributed by atoms with Gasteiger partial charge in [0.05, 0.1) is 23.0 Å². The van der Waals surface area contributed by atoms with Crippen LogP contribution in [0.4, 0.5) is 4.79 Å². The van der Waals surface area contributed by atoms with E-state index in [2.05, 4.69) is 32.9 Å². The minimum absolute atomic E-state index is 0.0968. The molecule has 10 heteroatoms. The molecule has 4 aromatic rings. The number of ether oxygens (including phenoxy) is 1. The summed E-state index contributed by atoms with van der Waals surface area (Å²) in [5.41, 5.74) is 3.85. The molecular formula is C29H26ClIN4O4. The number of hydrogen-bond acceptors (Lipinski definition) is 5. The van der Waals surface area contributed by atoms with E-state index in [0.717, 1.165) is 20.4 Å². The molecule has 200 valence electrons. The van der Waals surface area contributed by atoms with Gasteiger partial charge in [-0.15, -0.1) is 0 Å². The fourth-order valence-electron chi connectivity index (χ4n) is 4.68. The number of nitrogens with one attached hydrogen (secondary N) is 2. The van der Waals surface area contributed by atoms with Crippen molar-refractivity contribution < 1.29 is 19.4 Å². The maximum Gasteiger partial charge on any atom is 0.325 e. The first-order valence-corrected chi connectivity index (χ1v) is 13.8. The molecule has 0 radical (unpaired) electrons. The van der Waals surface area contributed by atoms with Crippen LogP contribution in [0.3, 0.4) is 0 Å². The summed E-state index contributed by atoms with van der Waals surface area (Å²) in [6.45, 7) is 1.95. The number of aryl methyl sites for hydroxylation is 1. The van der Waals surface area contributed by atoms with Crippen molar-refractivity contribution in [3.05, 3.63) is 104 Å². The average molecular weight is 657 g/mol. The van der Waals surface area contributed by atoms with Gasteiger partial charge in [-0.05, 0) is 64.9 Å². The molecule has 2 atom stereocenters. The van der Waals surface area contributed by atoms with Crippen LogP contribution in [0.25, 0.3) is 11.3 Å². The molecule has 1 aliphatic heterocycles. The lowest BCUT2D eigenvalue weighted by Gasteiger charge is -2.24. The molecule has 1 unspecified atom stereocenters. The van der Waals surface area contributed by atoms with Crippen molar-refractivity contribution in [3.8, 4) is 17.0 Å². The van der Waals surface area contributed by atoms with Gasteiger partial charge in [-0.2, -0.15) is 0 Å². The van der Waals surface area contributed by atoms with Gasteiger partial charge < -0.3 is 20.1 Å². The minimum atomic E-state index is -0.844. The molecule has 0 bridgehead atoms. The van der Waals surface area contributed by atoms with Gasteiger partial charge in [0.25, 0.3) is 5.91 Å². The van der Waals surface area contributed by atoms with Crippen molar-refractivity contribution in [1.82, 2.24) is 20.2 Å². The Balaban J connectivity index is 1.49. The summed E-state index contributed by atoms with van der Waals surface area (Å²) in [7, 11) is 0. The number of hydrogen-bond donors (Lipinski definition) is 3. The van der Waals surface area contributed by atoms with Gasteiger partial charge >= 0.3 is 6.03 Å². The Morgan fingerprint density at radius 1 is 1.10 bits per heavy atom. The highest BCUT2D eigenvalue weighted by atomic mass is 127. The molecule has 5 rings (SSSR count). The zero-order valence-electron chi connectivity index (χ0n) is 21.0. The average Bonchev–Trinajstić information content (AvgIpc) is 3.45. The third-order valence-electron chi connectivity index (χ3n) is 6.55. The molecule has 1 aromatic heterocycles. The number of nitrogens with zero attached hydrogens (tertiary/aromatic N) is 2. The van der Waals surface area contributed by atoms with Crippen LogP contribution >= 0.6 is 34.2 Å². The molecule has 3 amide bonds. The molecule has 2 heterocycles. The number of amides is 3. The maximum atomic E-state index is 13.7. The van der Waals surface area contributed by atoms with E-state index in [0.29, 0.717) is 34.3 Å². The van der Waals surface area contributed by atoms with Gasteiger partial charge in [0.2, 0.25) is 0 Å². The SMILES string of the molecule is Cc1nc(C(Cc2ccccc2)N2C(=O)N[C@H](c3ccc(OCCO)cc3)C2=O)[nH]c1-c1ccc(I)cc1Cl. The predicted molar refractivity (Wildman–Crippen MR) is 157 cm³/mol. The number of benzene rings is 3. The van der Waals surface area contributed by atoms with Gasteiger partial charge in [-0.25, -0.2) is 9.78 Å². The second kappa shape index (κ2) is 11.8. The first-order chi connectivity index (χ1) is 18.9. The second-order valence-electron chi connectivity index (χ2n) is 9.14. The third-order valence-corrected chi connectivity index (χ3v) is 7.53. The van der Waals surface area contributed by atoms with Crippen molar-refractivity contribution in [2.45, 2.75) is 25.4 Å². The van der Waals surface area contributed by atoms with Crippen LogP contribution in [0.5, 0.6) is 5.75 Å². The Kier molecular flexibility index (Phi) is 8.20. The number of carbonyl (C=O) groups excluding carboxylic acids is 2. The summed E-state index contributed by atoms with van der Waals surface area (Å²) in [5.74, 6) is 0.696. The predicted octanol–water partition coefficient (Wildman–Crippen LogP) is 5.59. The smallest absolute Gasteiger partial charge is 0.325 e. The molecule has 8 nitrogen and oxygen atoms in total. The van der Waals surface area contributed by atoms with Gasteiger partial charge in [0, 0.05) is 15.6 Å². The van der Waals surface area contributed by atoms with E-state index in [1.165, 1.54) is 4.90 Å². The number of rotatable bonds is 9. The Morgan fingerprint density at radius 2 is 1.85 bits per heavy atom. The van der Waals surface area contributed by atoms with Crippen molar-refractivity contribution in [3.63, 3.8) is 0 Å². The van der Waals surface area contributed by atoms with Crippen LogP contribution < -0.4 is 10.1 Å². The number of aliphatic hydroxyl groups is 1. The molecule has 0 spiro atoms. The first-order valence-electron chi connectivity index (χ1n) is 12.4. The second-order valence-corrected chi connectivity index (χ2v) is 10.8. The fraction of sp³-hybridized carbons (Fsp3) is 0.207. The van der Waals surface area contributed by atoms with Crippen LogP contribution in [-0.2, 0) is 11.2 Å². The van der Waals surface area contributed by atoms with Crippen LogP contribution in [0.2, 0.25) is 5.02 Å². The highest BCUT2D eigenvalue weighted by molar-refractivity contribution is 14.1. The van der Waals surface area contributed by atoms with E-state index in [-0.39, 0.29) is 19.1 Å². The summed E-state index contributed by atoms with van der Waals surface area (Å²) < 4.78 is 6.43. The summed E-state index contributed by atoms with van der Waals surface area (Å²) in [6.07, 6.45) is 0.382. The quantitative estimate of drug-likeness (QED) is 0.161. The minimum Gasteiger partial charge on any atom is -0.491 e. The van der Waals surface area contributed by atoms with E-state index in [9.17, 15) is 9.59 Å². The molecule has 0 aliphatic carbocycles. The summed E-state index contributed by atoms with van der Waals surface area (Å²) in [6, 6.07) is 20.3. The van der Waals surface area contributed by atoms with E-state index < -0.39 is 18.1 Å². The lowest BCUT2D eigenvalue weighted by molar-refractivity contribution is -0.129. The maximum absolute atomic E-state index is 13.7. The van der Waals surface area contributed by atoms with Gasteiger partial charge in [0.15, 0.2) is 0 Å². The van der Waals surface area contributed by atoms with Gasteiger partial charge in [0.1, 0.15) is 30.3 Å².